The summed E-state index contributed by atoms with van der Waals surface area (Å²) in [4.78, 5) is 38.0. The minimum atomic E-state index is -1.07. The van der Waals surface area contributed by atoms with Crippen molar-refractivity contribution in [2.45, 2.75) is 32.8 Å². The quantitative estimate of drug-likeness (QED) is 0.386. The van der Waals surface area contributed by atoms with E-state index in [0.29, 0.717) is 23.6 Å². The van der Waals surface area contributed by atoms with E-state index in [1.165, 1.54) is 11.6 Å². The summed E-state index contributed by atoms with van der Waals surface area (Å²) in [5, 5.41) is 2.62. The molecule has 35 heavy (non-hydrogen) atoms. The average molecular weight is 474 g/mol. The van der Waals surface area contributed by atoms with E-state index in [1.54, 1.807) is 30.8 Å². The van der Waals surface area contributed by atoms with Crippen LogP contribution in [0.2, 0.25) is 0 Å². The van der Waals surface area contributed by atoms with E-state index >= 15 is 0 Å². The monoisotopic (exact) mass is 473 g/mol. The third-order valence-electron chi connectivity index (χ3n) is 5.78. The lowest BCUT2D eigenvalue weighted by Crippen LogP contribution is -2.32. The van der Waals surface area contributed by atoms with Gasteiger partial charge >= 0.3 is 5.97 Å². The van der Waals surface area contributed by atoms with Crippen molar-refractivity contribution in [1.29, 1.82) is 0 Å². The van der Waals surface area contributed by atoms with Crippen LogP contribution < -0.4 is 10.9 Å². The van der Waals surface area contributed by atoms with Crippen LogP contribution in [0.4, 0.5) is 5.69 Å². The first-order chi connectivity index (χ1) is 16.8. The zero-order chi connectivity index (χ0) is 24.9. The summed E-state index contributed by atoms with van der Waals surface area (Å²) < 4.78 is 14.2. The highest BCUT2D eigenvalue weighted by Gasteiger charge is 2.23. The van der Waals surface area contributed by atoms with Crippen LogP contribution in [-0.4, -0.2) is 27.3 Å². The molecule has 0 aliphatic carbocycles. The van der Waals surface area contributed by atoms with Crippen LogP contribution in [0.15, 0.2) is 82.0 Å². The molecule has 1 atom stereocenters. The SMILES string of the molecule is Cc1c(NC(=O)C(C)OC(=O)CCc2ccc(-c3ccccc3)o2)c(=O)n(-c2ccccc2)n1C. The molecule has 2 aromatic carbocycles. The maximum absolute atomic E-state index is 13.0. The van der Waals surface area contributed by atoms with Crippen molar-refractivity contribution >= 4 is 17.6 Å². The van der Waals surface area contributed by atoms with Crippen molar-refractivity contribution in [3.8, 4) is 17.0 Å². The highest BCUT2D eigenvalue weighted by molar-refractivity contribution is 5.95. The highest BCUT2D eigenvalue weighted by atomic mass is 16.5. The summed E-state index contributed by atoms with van der Waals surface area (Å²) in [7, 11) is 1.74. The zero-order valence-corrected chi connectivity index (χ0v) is 19.9. The second-order valence-corrected chi connectivity index (χ2v) is 8.19. The first-order valence-corrected chi connectivity index (χ1v) is 11.3. The van der Waals surface area contributed by atoms with Gasteiger partial charge in [-0.05, 0) is 38.1 Å². The van der Waals surface area contributed by atoms with Crippen LogP contribution in [-0.2, 0) is 27.8 Å². The van der Waals surface area contributed by atoms with Crippen molar-refractivity contribution in [1.82, 2.24) is 9.36 Å². The molecule has 1 amide bonds. The summed E-state index contributed by atoms with van der Waals surface area (Å²) in [5.74, 6) is 0.269. The Hall–Kier alpha value is -4.33. The van der Waals surface area contributed by atoms with Gasteiger partial charge in [0.05, 0.1) is 17.8 Å². The number of ether oxygens (including phenoxy) is 1. The molecule has 0 radical (unpaired) electrons. The number of furan rings is 1. The number of hydrogen-bond acceptors (Lipinski definition) is 5. The van der Waals surface area contributed by atoms with Crippen LogP contribution in [0.1, 0.15) is 24.8 Å². The molecule has 4 aromatic rings. The van der Waals surface area contributed by atoms with Gasteiger partial charge in [0, 0.05) is 19.0 Å². The van der Waals surface area contributed by atoms with Gasteiger partial charge in [-0.1, -0.05) is 48.5 Å². The molecule has 0 bridgehead atoms. The molecule has 0 aliphatic heterocycles. The molecule has 4 rings (SSSR count). The van der Waals surface area contributed by atoms with Crippen LogP contribution in [0.5, 0.6) is 0 Å². The van der Waals surface area contributed by atoms with Gasteiger partial charge in [-0.15, -0.1) is 0 Å². The number of anilines is 1. The Labute approximate surface area is 202 Å². The number of hydrogen-bond donors (Lipinski definition) is 1. The lowest BCUT2D eigenvalue weighted by atomic mass is 10.2. The molecular formula is C27H27N3O5. The second kappa shape index (κ2) is 10.3. The third-order valence-corrected chi connectivity index (χ3v) is 5.78. The number of carbonyl (C=O) groups is 2. The molecule has 0 saturated carbocycles. The summed E-state index contributed by atoms with van der Waals surface area (Å²) in [6.45, 7) is 3.21. The molecule has 0 fully saturated rings. The molecule has 2 heterocycles. The minimum Gasteiger partial charge on any atom is -0.461 e. The van der Waals surface area contributed by atoms with Crippen molar-refractivity contribution in [2.24, 2.45) is 7.05 Å². The van der Waals surface area contributed by atoms with Crippen LogP contribution in [0.3, 0.4) is 0 Å². The summed E-state index contributed by atoms with van der Waals surface area (Å²) in [6.07, 6.45) is -0.660. The number of amides is 1. The fourth-order valence-electron chi connectivity index (χ4n) is 3.74. The van der Waals surface area contributed by atoms with Crippen LogP contribution >= 0.6 is 0 Å². The van der Waals surface area contributed by atoms with Crippen molar-refractivity contribution in [2.75, 3.05) is 5.32 Å². The predicted molar refractivity (Wildman–Crippen MR) is 132 cm³/mol. The van der Waals surface area contributed by atoms with E-state index in [4.69, 9.17) is 9.15 Å². The molecule has 0 spiro atoms. The Bertz CT molecular complexity index is 1380. The number of para-hydroxylation sites is 1. The van der Waals surface area contributed by atoms with E-state index < -0.39 is 18.0 Å². The van der Waals surface area contributed by atoms with Gasteiger partial charge in [0.2, 0.25) is 0 Å². The summed E-state index contributed by atoms with van der Waals surface area (Å²) in [5.41, 5.74) is 1.99. The largest absolute Gasteiger partial charge is 0.461 e. The van der Waals surface area contributed by atoms with E-state index in [0.717, 1.165) is 11.3 Å². The van der Waals surface area contributed by atoms with Gasteiger partial charge in [0.25, 0.3) is 11.5 Å². The number of rotatable bonds is 8. The Morgan fingerprint density at radius 2 is 1.66 bits per heavy atom. The van der Waals surface area contributed by atoms with Crippen molar-refractivity contribution in [3.63, 3.8) is 0 Å². The minimum absolute atomic E-state index is 0.0601. The maximum Gasteiger partial charge on any atom is 0.307 e. The van der Waals surface area contributed by atoms with Crippen molar-refractivity contribution < 1.29 is 18.7 Å². The first-order valence-electron chi connectivity index (χ1n) is 11.3. The van der Waals surface area contributed by atoms with E-state index in [-0.39, 0.29) is 17.7 Å². The average Bonchev–Trinajstić information content (AvgIpc) is 3.43. The van der Waals surface area contributed by atoms with Crippen LogP contribution in [0, 0.1) is 6.92 Å². The molecular weight excluding hydrogens is 446 g/mol. The zero-order valence-electron chi connectivity index (χ0n) is 19.9. The Balaban J connectivity index is 1.35. The first kappa shape index (κ1) is 23.8. The maximum atomic E-state index is 13.0. The van der Waals surface area contributed by atoms with E-state index in [1.807, 2.05) is 60.7 Å². The van der Waals surface area contributed by atoms with Gasteiger partial charge in [-0.2, -0.15) is 0 Å². The van der Waals surface area contributed by atoms with Gasteiger partial charge < -0.3 is 14.5 Å². The number of carbonyl (C=O) groups excluding carboxylic acids is 2. The Morgan fingerprint density at radius 1 is 1.00 bits per heavy atom. The number of aromatic nitrogens is 2. The normalized spacial score (nSPS) is 11.7. The van der Waals surface area contributed by atoms with E-state index in [2.05, 4.69) is 5.32 Å². The molecule has 0 aliphatic rings. The third kappa shape index (κ3) is 5.27. The second-order valence-electron chi connectivity index (χ2n) is 8.19. The fraction of sp³-hybridized carbons (Fsp3) is 0.222. The van der Waals surface area contributed by atoms with Gasteiger partial charge in [0.15, 0.2) is 6.10 Å². The lowest BCUT2D eigenvalue weighted by Gasteiger charge is -2.12. The predicted octanol–water partition coefficient (Wildman–Crippen LogP) is 4.25. The number of nitrogens with zero attached hydrogens (tertiary/aromatic N) is 2. The van der Waals surface area contributed by atoms with Gasteiger partial charge in [-0.3, -0.25) is 19.1 Å². The fourth-order valence-corrected chi connectivity index (χ4v) is 3.74. The topological polar surface area (TPSA) is 95.5 Å². The number of benzene rings is 2. The summed E-state index contributed by atoms with van der Waals surface area (Å²) in [6, 6.07) is 22.5. The molecule has 1 unspecified atom stereocenters. The Morgan fingerprint density at radius 3 is 2.34 bits per heavy atom. The van der Waals surface area contributed by atoms with E-state index in [9.17, 15) is 14.4 Å². The standard InChI is InChI=1S/C27H27N3O5/c1-18-25(27(33)30(29(18)3)21-12-8-5-9-13-21)28-26(32)19(2)34-24(31)17-15-22-14-16-23(35-22)20-10-6-4-7-11-20/h4-14,16,19H,15,17H2,1-3H3,(H,28,32). The number of aryl methyl sites for hydroxylation is 1. The Kier molecular flexibility index (Phi) is 7.01. The van der Waals surface area contributed by atoms with Gasteiger partial charge in [0.1, 0.15) is 17.2 Å². The number of nitrogens with one attached hydrogen (secondary N) is 1. The molecule has 0 saturated heterocycles. The highest BCUT2D eigenvalue weighted by Crippen LogP contribution is 2.22. The molecule has 8 heteroatoms. The molecule has 2 aromatic heterocycles. The summed E-state index contributed by atoms with van der Waals surface area (Å²) >= 11 is 0. The van der Waals surface area contributed by atoms with Gasteiger partial charge in [-0.25, -0.2) is 4.68 Å². The molecule has 180 valence electrons. The number of esters is 1. The molecule has 8 nitrogen and oxygen atoms in total. The molecule has 1 N–H and O–H groups in total. The van der Waals surface area contributed by atoms with Crippen LogP contribution in [0.25, 0.3) is 17.0 Å². The van der Waals surface area contributed by atoms with Crippen molar-refractivity contribution in [3.05, 3.63) is 94.6 Å². The lowest BCUT2D eigenvalue weighted by molar-refractivity contribution is -0.153. The smallest absolute Gasteiger partial charge is 0.307 e.